The number of ketones is 2. The number of carbonyl (C=O) groups excluding carboxylic acids is 3. The fraction of sp³-hybridized carbons (Fsp3) is 0.542. The summed E-state index contributed by atoms with van der Waals surface area (Å²) in [5.74, 6) is 0.812. The molecule has 4 atom stereocenters. The van der Waals surface area contributed by atoms with Crippen molar-refractivity contribution in [1.29, 1.82) is 0 Å². The van der Waals surface area contributed by atoms with Crippen molar-refractivity contribution in [2.24, 2.45) is 23.7 Å². The standard InChI is InChI=1S/C24H31NO3/c1-15(2)11-19(12-21(27)10-9-18-7-5-16(3)6-8-18)24(28)25-14-20-13-22(20)23(25)17(4)26/h5-10,15,19-20,22-23H,11-14H2,1-4H3/b10-9+/t19-,20-,22?,23-/m1/s1. The normalized spacial score (nSPS) is 24.5. The number of rotatable bonds is 8. The van der Waals surface area contributed by atoms with Crippen LogP contribution >= 0.6 is 0 Å². The molecule has 150 valence electrons. The van der Waals surface area contributed by atoms with E-state index in [0.717, 1.165) is 12.0 Å². The molecule has 1 saturated carbocycles. The third-order valence-corrected chi connectivity index (χ3v) is 5.94. The van der Waals surface area contributed by atoms with Crippen LogP contribution in [0.1, 0.15) is 51.2 Å². The lowest BCUT2D eigenvalue weighted by Crippen LogP contribution is -2.45. The highest BCUT2D eigenvalue weighted by Crippen LogP contribution is 2.50. The summed E-state index contributed by atoms with van der Waals surface area (Å²) in [5, 5.41) is 0. The molecule has 1 unspecified atom stereocenters. The quantitative estimate of drug-likeness (QED) is 0.638. The number of nitrogens with zero attached hydrogens (tertiary/aromatic N) is 1. The van der Waals surface area contributed by atoms with Crippen LogP contribution in [0.3, 0.4) is 0 Å². The van der Waals surface area contributed by atoms with E-state index in [-0.39, 0.29) is 35.9 Å². The van der Waals surface area contributed by atoms with Gasteiger partial charge in [0.05, 0.1) is 6.04 Å². The van der Waals surface area contributed by atoms with Gasteiger partial charge >= 0.3 is 0 Å². The molecular weight excluding hydrogens is 350 g/mol. The molecule has 0 N–H and O–H groups in total. The van der Waals surface area contributed by atoms with Crippen molar-refractivity contribution in [2.75, 3.05) is 6.54 Å². The molecule has 0 radical (unpaired) electrons. The molecule has 4 heteroatoms. The van der Waals surface area contributed by atoms with Crippen LogP contribution in [0.2, 0.25) is 0 Å². The van der Waals surface area contributed by atoms with Gasteiger partial charge in [-0.25, -0.2) is 0 Å². The lowest BCUT2D eigenvalue weighted by atomic mass is 9.90. The minimum atomic E-state index is -0.352. The molecule has 1 aromatic rings. The number of aryl methyl sites for hydroxylation is 1. The Hall–Kier alpha value is -2.23. The van der Waals surface area contributed by atoms with Crippen molar-refractivity contribution in [1.82, 2.24) is 4.90 Å². The molecule has 1 aromatic carbocycles. The second-order valence-corrected chi connectivity index (χ2v) is 8.95. The Morgan fingerprint density at radius 1 is 1.18 bits per heavy atom. The van der Waals surface area contributed by atoms with E-state index in [4.69, 9.17) is 0 Å². The highest BCUT2D eigenvalue weighted by atomic mass is 16.2. The molecule has 28 heavy (non-hydrogen) atoms. The zero-order chi connectivity index (χ0) is 20.4. The molecule has 0 spiro atoms. The van der Waals surface area contributed by atoms with Crippen molar-refractivity contribution in [3.05, 3.63) is 41.5 Å². The number of benzene rings is 1. The molecule has 2 fully saturated rings. The topological polar surface area (TPSA) is 54.5 Å². The van der Waals surface area contributed by atoms with E-state index in [1.165, 1.54) is 5.56 Å². The predicted octanol–water partition coefficient (Wildman–Crippen LogP) is 4.07. The Kier molecular flexibility index (Phi) is 6.17. The maximum absolute atomic E-state index is 13.2. The number of carbonyl (C=O) groups is 3. The first-order valence-corrected chi connectivity index (χ1v) is 10.3. The number of allylic oxidation sites excluding steroid dienone is 1. The van der Waals surface area contributed by atoms with Crippen molar-refractivity contribution >= 4 is 23.5 Å². The second kappa shape index (κ2) is 8.42. The SMILES string of the molecule is CC(=O)[C@@H]1C2C[C@@H]2CN1C(=O)[C@@H](CC(=O)/C=C/c1ccc(C)cc1)CC(C)C. The first kappa shape index (κ1) is 20.5. The van der Waals surface area contributed by atoms with E-state index in [1.807, 2.05) is 37.3 Å². The molecule has 1 aliphatic heterocycles. The van der Waals surface area contributed by atoms with Gasteiger partial charge in [0.25, 0.3) is 0 Å². The van der Waals surface area contributed by atoms with Crippen molar-refractivity contribution < 1.29 is 14.4 Å². The minimum Gasteiger partial charge on any atom is -0.332 e. The van der Waals surface area contributed by atoms with Gasteiger partial charge in [-0.2, -0.15) is 0 Å². The summed E-state index contributed by atoms with van der Waals surface area (Å²) in [6.07, 6.45) is 5.31. The maximum atomic E-state index is 13.2. The predicted molar refractivity (Wildman–Crippen MR) is 111 cm³/mol. The summed E-state index contributed by atoms with van der Waals surface area (Å²) >= 11 is 0. The van der Waals surface area contributed by atoms with Crippen molar-refractivity contribution in [2.45, 2.75) is 53.0 Å². The number of piperidine rings is 1. The maximum Gasteiger partial charge on any atom is 0.226 e. The summed E-state index contributed by atoms with van der Waals surface area (Å²) in [4.78, 5) is 39.6. The van der Waals surface area contributed by atoms with Crippen LogP contribution < -0.4 is 0 Å². The Labute approximate surface area is 168 Å². The molecule has 2 aliphatic rings. The van der Waals surface area contributed by atoms with E-state index < -0.39 is 0 Å². The van der Waals surface area contributed by atoms with Gasteiger partial charge in [0, 0.05) is 18.9 Å². The van der Waals surface area contributed by atoms with E-state index in [0.29, 0.717) is 30.7 Å². The van der Waals surface area contributed by atoms with Gasteiger partial charge in [-0.05, 0) is 56.1 Å². The minimum absolute atomic E-state index is 0.0156. The molecule has 0 aromatic heterocycles. The lowest BCUT2D eigenvalue weighted by molar-refractivity contribution is -0.143. The van der Waals surface area contributed by atoms with Crippen LogP contribution in [0.25, 0.3) is 6.08 Å². The monoisotopic (exact) mass is 381 g/mol. The number of hydrogen-bond donors (Lipinski definition) is 0. The Morgan fingerprint density at radius 2 is 1.86 bits per heavy atom. The second-order valence-electron chi connectivity index (χ2n) is 8.95. The smallest absolute Gasteiger partial charge is 0.226 e. The summed E-state index contributed by atoms with van der Waals surface area (Å²) in [5.41, 5.74) is 2.15. The fourth-order valence-electron chi connectivity index (χ4n) is 4.47. The third-order valence-electron chi connectivity index (χ3n) is 5.94. The summed E-state index contributed by atoms with van der Waals surface area (Å²) < 4.78 is 0. The van der Waals surface area contributed by atoms with Gasteiger partial charge in [0.1, 0.15) is 0 Å². The molecule has 0 bridgehead atoms. The Balaban J connectivity index is 1.67. The largest absolute Gasteiger partial charge is 0.332 e. The molecule has 1 saturated heterocycles. The molecule has 3 rings (SSSR count). The average molecular weight is 382 g/mol. The van der Waals surface area contributed by atoms with Gasteiger partial charge in [-0.1, -0.05) is 49.8 Å². The molecule has 1 aliphatic carbocycles. The van der Waals surface area contributed by atoms with Crippen LogP contribution in [-0.2, 0) is 14.4 Å². The van der Waals surface area contributed by atoms with Gasteiger partial charge in [-0.3, -0.25) is 14.4 Å². The van der Waals surface area contributed by atoms with Crippen LogP contribution in [0, 0.1) is 30.6 Å². The average Bonchev–Trinajstić information content (AvgIpc) is 3.28. The number of hydrogen-bond acceptors (Lipinski definition) is 3. The van der Waals surface area contributed by atoms with Gasteiger partial charge in [0.15, 0.2) is 11.6 Å². The summed E-state index contributed by atoms with van der Waals surface area (Å²) in [6, 6.07) is 7.70. The zero-order valence-electron chi connectivity index (χ0n) is 17.4. The first-order valence-electron chi connectivity index (χ1n) is 10.3. The van der Waals surface area contributed by atoms with E-state index in [9.17, 15) is 14.4 Å². The molecule has 1 heterocycles. The molecular formula is C24H31NO3. The van der Waals surface area contributed by atoms with Crippen LogP contribution in [0.4, 0.5) is 0 Å². The van der Waals surface area contributed by atoms with Crippen molar-refractivity contribution in [3.8, 4) is 0 Å². The van der Waals surface area contributed by atoms with Gasteiger partial charge in [-0.15, -0.1) is 0 Å². The number of Topliss-reactive ketones (excluding diaryl/α,β-unsaturated/α-hetero) is 1. The first-order chi connectivity index (χ1) is 13.3. The summed E-state index contributed by atoms with van der Waals surface area (Å²) in [7, 11) is 0. The highest BCUT2D eigenvalue weighted by molar-refractivity contribution is 5.97. The number of fused-ring (bicyclic) bond motifs is 1. The van der Waals surface area contributed by atoms with Crippen molar-refractivity contribution in [3.63, 3.8) is 0 Å². The Bertz CT molecular complexity index is 778. The highest BCUT2D eigenvalue weighted by Gasteiger charge is 2.56. The van der Waals surface area contributed by atoms with Gasteiger partial charge in [0.2, 0.25) is 5.91 Å². The number of likely N-dealkylation sites (tertiary alicyclic amines) is 1. The molecule has 1 amide bonds. The molecule has 4 nitrogen and oxygen atoms in total. The Morgan fingerprint density at radius 3 is 2.46 bits per heavy atom. The van der Waals surface area contributed by atoms with Crippen LogP contribution in [0.15, 0.2) is 30.3 Å². The van der Waals surface area contributed by atoms with E-state index >= 15 is 0 Å². The summed E-state index contributed by atoms with van der Waals surface area (Å²) in [6.45, 7) is 8.42. The zero-order valence-corrected chi connectivity index (χ0v) is 17.4. The van der Waals surface area contributed by atoms with E-state index in [1.54, 1.807) is 17.9 Å². The van der Waals surface area contributed by atoms with Crippen LogP contribution in [0.5, 0.6) is 0 Å². The lowest BCUT2D eigenvalue weighted by Gasteiger charge is -2.30. The van der Waals surface area contributed by atoms with Gasteiger partial charge < -0.3 is 4.90 Å². The van der Waals surface area contributed by atoms with Crippen LogP contribution in [-0.4, -0.2) is 35.0 Å². The van der Waals surface area contributed by atoms with E-state index in [2.05, 4.69) is 13.8 Å². The number of amides is 1. The fourth-order valence-corrected chi connectivity index (χ4v) is 4.47. The third kappa shape index (κ3) is 4.78.